The van der Waals surface area contributed by atoms with Crippen molar-refractivity contribution in [2.45, 2.75) is 71.1 Å². The van der Waals surface area contributed by atoms with E-state index in [1.807, 2.05) is 6.07 Å². The Morgan fingerprint density at radius 2 is 1.79 bits per heavy atom. The lowest BCUT2D eigenvalue weighted by atomic mass is 9.80. The van der Waals surface area contributed by atoms with Crippen molar-refractivity contribution >= 4 is 5.82 Å². The molecule has 0 bridgehead atoms. The van der Waals surface area contributed by atoms with Crippen LogP contribution >= 0.6 is 0 Å². The van der Waals surface area contributed by atoms with Crippen molar-refractivity contribution in [3.8, 4) is 0 Å². The van der Waals surface area contributed by atoms with Crippen molar-refractivity contribution in [3.63, 3.8) is 0 Å². The minimum atomic E-state index is 0.0342. The van der Waals surface area contributed by atoms with Crippen LogP contribution in [0.5, 0.6) is 0 Å². The van der Waals surface area contributed by atoms with Crippen LogP contribution < -0.4 is 5.73 Å². The molecular weight excluding hydrogens is 234 g/mol. The van der Waals surface area contributed by atoms with Gasteiger partial charge in [0.05, 0.1) is 5.69 Å². The Hall–Kier alpha value is -1.12. The Labute approximate surface area is 117 Å². The standard InChI is InChI=1S/C16H27N3/c1-5-11-6-8-12(9-7-11)15-18-13(16(2,3)4)10-14(17)19-15/h10-12H,5-9H2,1-4H3,(H2,17,18,19). The molecule has 0 unspecified atom stereocenters. The first-order valence-corrected chi connectivity index (χ1v) is 7.55. The van der Waals surface area contributed by atoms with Crippen LogP contribution in [-0.2, 0) is 5.41 Å². The topological polar surface area (TPSA) is 51.8 Å². The maximum atomic E-state index is 5.97. The number of hydrogen-bond donors (Lipinski definition) is 1. The second kappa shape index (κ2) is 5.48. The van der Waals surface area contributed by atoms with Crippen molar-refractivity contribution in [1.29, 1.82) is 0 Å². The van der Waals surface area contributed by atoms with Crippen molar-refractivity contribution in [1.82, 2.24) is 9.97 Å². The third kappa shape index (κ3) is 3.46. The number of hydrogen-bond acceptors (Lipinski definition) is 3. The van der Waals surface area contributed by atoms with Crippen LogP contribution in [0, 0.1) is 5.92 Å². The molecule has 2 N–H and O–H groups in total. The number of nitrogens with zero attached hydrogens (tertiary/aromatic N) is 2. The first-order valence-electron chi connectivity index (χ1n) is 7.55. The second-order valence-corrected chi connectivity index (χ2v) is 6.91. The van der Waals surface area contributed by atoms with E-state index < -0.39 is 0 Å². The molecule has 1 saturated carbocycles. The van der Waals surface area contributed by atoms with E-state index in [-0.39, 0.29) is 5.41 Å². The van der Waals surface area contributed by atoms with E-state index >= 15 is 0 Å². The molecule has 1 aliphatic carbocycles. The summed E-state index contributed by atoms with van der Waals surface area (Å²) in [4.78, 5) is 9.28. The summed E-state index contributed by atoms with van der Waals surface area (Å²) in [5.74, 6) is 3.00. The zero-order chi connectivity index (χ0) is 14.0. The first-order chi connectivity index (χ1) is 8.90. The fourth-order valence-electron chi connectivity index (χ4n) is 2.88. The molecule has 2 rings (SSSR count). The van der Waals surface area contributed by atoms with Crippen molar-refractivity contribution in [2.24, 2.45) is 5.92 Å². The minimum absolute atomic E-state index is 0.0342. The number of rotatable bonds is 2. The van der Waals surface area contributed by atoms with Gasteiger partial charge in [0.1, 0.15) is 11.6 Å². The molecule has 0 amide bonds. The van der Waals surface area contributed by atoms with Gasteiger partial charge in [0, 0.05) is 17.4 Å². The molecule has 106 valence electrons. The molecule has 0 radical (unpaired) electrons. The molecule has 3 nitrogen and oxygen atoms in total. The van der Waals surface area contributed by atoms with Gasteiger partial charge in [0.25, 0.3) is 0 Å². The molecule has 1 aliphatic rings. The molecule has 1 heterocycles. The van der Waals surface area contributed by atoms with Crippen LogP contribution in [0.15, 0.2) is 6.07 Å². The highest BCUT2D eigenvalue weighted by molar-refractivity contribution is 5.33. The largest absolute Gasteiger partial charge is 0.384 e. The Morgan fingerprint density at radius 3 is 2.32 bits per heavy atom. The lowest BCUT2D eigenvalue weighted by molar-refractivity contribution is 0.311. The molecule has 1 aromatic rings. The molecule has 19 heavy (non-hydrogen) atoms. The van der Waals surface area contributed by atoms with Crippen molar-refractivity contribution < 1.29 is 0 Å². The first kappa shape index (κ1) is 14.3. The summed E-state index contributed by atoms with van der Waals surface area (Å²) < 4.78 is 0. The summed E-state index contributed by atoms with van der Waals surface area (Å²) >= 11 is 0. The van der Waals surface area contributed by atoms with Gasteiger partial charge in [-0.15, -0.1) is 0 Å². The summed E-state index contributed by atoms with van der Waals surface area (Å²) in [5, 5.41) is 0. The number of nitrogens with two attached hydrogens (primary N) is 1. The molecular formula is C16H27N3. The fourth-order valence-corrected chi connectivity index (χ4v) is 2.88. The third-order valence-electron chi connectivity index (χ3n) is 4.32. The minimum Gasteiger partial charge on any atom is -0.384 e. The Balaban J connectivity index is 2.19. The maximum Gasteiger partial charge on any atom is 0.134 e. The summed E-state index contributed by atoms with van der Waals surface area (Å²) in [7, 11) is 0. The van der Waals surface area contributed by atoms with Gasteiger partial charge in [0.15, 0.2) is 0 Å². The predicted octanol–water partition coefficient (Wildman–Crippen LogP) is 4.04. The van der Waals surface area contributed by atoms with Crippen LogP contribution in [-0.4, -0.2) is 9.97 Å². The zero-order valence-corrected chi connectivity index (χ0v) is 12.7. The van der Waals surface area contributed by atoms with Gasteiger partial charge in [-0.2, -0.15) is 0 Å². The van der Waals surface area contributed by atoms with Crippen LogP contribution in [0.3, 0.4) is 0 Å². The lowest BCUT2D eigenvalue weighted by Gasteiger charge is -2.28. The van der Waals surface area contributed by atoms with E-state index in [0.717, 1.165) is 17.4 Å². The highest BCUT2D eigenvalue weighted by atomic mass is 15.0. The average Bonchev–Trinajstić information content (AvgIpc) is 2.37. The van der Waals surface area contributed by atoms with Crippen LogP contribution in [0.2, 0.25) is 0 Å². The molecule has 1 fully saturated rings. The molecule has 0 aromatic carbocycles. The SMILES string of the molecule is CCC1CCC(c2nc(N)cc(C(C)(C)C)n2)CC1. The average molecular weight is 261 g/mol. The fraction of sp³-hybridized carbons (Fsp3) is 0.750. The van der Waals surface area contributed by atoms with E-state index in [1.54, 1.807) is 0 Å². The monoisotopic (exact) mass is 261 g/mol. The number of nitrogen functional groups attached to an aromatic ring is 1. The Morgan fingerprint density at radius 1 is 1.16 bits per heavy atom. The van der Waals surface area contributed by atoms with Gasteiger partial charge < -0.3 is 5.73 Å². The van der Waals surface area contributed by atoms with E-state index in [2.05, 4.69) is 32.7 Å². The van der Waals surface area contributed by atoms with E-state index in [9.17, 15) is 0 Å². The maximum absolute atomic E-state index is 5.97. The Kier molecular flexibility index (Phi) is 4.12. The highest BCUT2D eigenvalue weighted by Gasteiger charge is 2.25. The van der Waals surface area contributed by atoms with E-state index in [1.165, 1.54) is 32.1 Å². The van der Waals surface area contributed by atoms with Crippen molar-refractivity contribution in [2.75, 3.05) is 5.73 Å². The zero-order valence-electron chi connectivity index (χ0n) is 12.7. The summed E-state index contributed by atoms with van der Waals surface area (Å²) in [5.41, 5.74) is 7.06. The quantitative estimate of drug-likeness (QED) is 0.874. The highest BCUT2D eigenvalue weighted by Crippen LogP contribution is 2.36. The summed E-state index contributed by atoms with van der Waals surface area (Å²) in [6.45, 7) is 8.81. The van der Waals surface area contributed by atoms with Crippen LogP contribution in [0.1, 0.15) is 77.2 Å². The number of anilines is 1. The molecule has 1 aromatic heterocycles. The van der Waals surface area contributed by atoms with Gasteiger partial charge >= 0.3 is 0 Å². The molecule has 0 spiro atoms. The summed E-state index contributed by atoms with van der Waals surface area (Å²) in [6, 6.07) is 1.92. The Bertz CT molecular complexity index is 426. The molecule has 0 aliphatic heterocycles. The van der Waals surface area contributed by atoms with Gasteiger partial charge in [-0.3, -0.25) is 0 Å². The van der Waals surface area contributed by atoms with Gasteiger partial charge in [0.2, 0.25) is 0 Å². The third-order valence-corrected chi connectivity index (χ3v) is 4.32. The van der Waals surface area contributed by atoms with Crippen LogP contribution in [0.4, 0.5) is 5.82 Å². The normalized spacial score (nSPS) is 24.4. The van der Waals surface area contributed by atoms with Crippen LogP contribution in [0.25, 0.3) is 0 Å². The summed E-state index contributed by atoms with van der Waals surface area (Å²) in [6.07, 6.45) is 6.35. The lowest BCUT2D eigenvalue weighted by Crippen LogP contribution is -2.20. The number of aromatic nitrogens is 2. The molecule has 0 saturated heterocycles. The second-order valence-electron chi connectivity index (χ2n) is 6.91. The van der Waals surface area contributed by atoms with Gasteiger partial charge in [-0.1, -0.05) is 34.1 Å². The van der Waals surface area contributed by atoms with Gasteiger partial charge in [-0.25, -0.2) is 9.97 Å². The van der Waals surface area contributed by atoms with E-state index in [4.69, 9.17) is 10.7 Å². The predicted molar refractivity (Wildman–Crippen MR) is 80.1 cm³/mol. The smallest absolute Gasteiger partial charge is 0.134 e. The molecule has 3 heteroatoms. The van der Waals surface area contributed by atoms with Crippen molar-refractivity contribution in [3.05, 3.63) is 17.6 Å². The molecule has 0 atom stereocenters. The van der Waals surface area contributed by atoms with Gasteiger partial charge in [-0.05, 0) is 31.6 Å². The van der Waals surface area contributed by atoms with E-state index in [0.29, 0.717) is 11.7 Å².